The van der Waals surface area contributed by atoms with Gasteiger partial charge in [-0.1, -0.05) is 29.3 Å². The quantitative estimate of drug-likeness (QED) is 0.629. The van der Waals surface area contributed by atoms with Crippen LogP contribution in [-0.4, -0.2) is 11.4 Å². The van der Waals surface area contributed by atoms with Gasteiger partial charge in [0, 0.05) is 17.7 Å². The van der Waals surface area contributed by atoms with Crippen LogP contribution in [0.2, 0.25) is 10.0 Å². The maximum Gasteiger partial charge on any atom is 0.231 e. The van der Waals surface area contributed by atoms with Crippen LogP contribution in [0.15, 0.2) is 36.4 Å². The van der Waals surface area contributed by atoms with E-state index in [2.05, 4.69) is 6.07 Å². The fourth-order valence-electron chi connectivity index (χ4n) is 3.79. The van der Waals surface area contributed by atoms with Gasteiger partial charge < -0.3 is 14.0 Å². The number of nitriles is 1. The fourth-order valence-corrected chi connectivity index (χ4v) is 4.09. The van der Waals surface area contributed by atoms with Crippen molar-refractivity contribution in [3.05, 3.63) is 63.1 Å². The van der Waals surface area contributed by atoms with E-state index in [1.54, 1.807) is 12.1 Å². The lowest BCUT2D eigenvalue weighted by Gasteiger charge is -2.24. The molecule has 3 heterocycles. The van der Waals surface area contributed by atoms with Gasteiger partial charge in [-0.15, -0.1) is 0 Å². The third-order valence-electron chi connectivity index (χ3n) is 5.17. The third kappa shape index (κ3) is 2.50. The lowest BCUT2D eigenvalue weighted by Crippen LogP contribution is -2.28. The summed E-state index contributed by atoms with van der Waals surface area (Å²) in [5, 5.41) is 19.2. The number of hydrogen-bond acceptors (Lipinski definition) is 4. The second-order valence-corrected chi connectivity index (χ2v) is 7.49. The van der Waals surface area contributed by atoms with Crippen LogP contribution in [0.5, 0.6) is 11.5 Å². The molecule has 0 spiro atoms. The summed E-state index contributed by atoms with van der Waals surface area (Å²) in [6, 6.07) is 13.3. The first-order valence-electron chi connectivity index (χ1n) is 8.67. The molecule has 0 bridgehead atoms. The number of halogens is 2. The monoisotopic (exact) mass is 409 g/mol. The van der Waals surface area contributed by atoms with E-state index in [-0.39, 0.29) is 12.3 Å². The number of rotatable bonds is 1. The van der Waals surface area contributed by atoms with Crippen molar-refractivity contribution < 1.29 is 9.47 Å². The molecule has 1 aromatic heterocycles. The lowest BCUT2D eigenvalue weighted by atomic mass is 9.92. The molecule has 0 unspecified atom stereocenters. The Hall–Kier alpha value is -2.94. The molecule has 0 atom stereocenters. The van der Waals surface area contributed by atoms with E-state index < -0.39 is 0 Å². The van der Waals surface area contributed by atoms with Crippen LogP contribution in [-0.2, 0) is 13.0 Å². The Kier molecular flexibility index (Phi) is 3.87. The van der Waals surface area contributed by atoms with Gasteiger partial charge in [-0.3, -0.25) is 5.41 Å². The summed E-state index contributed by atoms with van der Waals surface area (Å²) in [5.41, 5.74) is 4.88. The van der Waals surface area contributed by atoms with Gasteiger partial charge in [0.2, 0.25) is 6.79 Å². The molecule has 2 aromatic carbocycles. The first kappa shape index (κ1) is 17.2. The van der Waals surface area contributed by atoms with Crippen molar-refractivity contribution in [1.82, 2.24) is 4.57 Å². The summed E-state index contributed by atoms with van der Waals surface area (Å²) in [5.74, 6) is 1.44. The van der Waals surface area contributed by atoms with Crippen LogP contribution >= 0.6 is 23.2 Å². The summed E-state index contributed by atoms with van der Waals surface area (Å²) < 4.78 is 12.9. The molecule has 0 saturated carbocycles. The zero-order valence-corrected chi connectivity index (χ0v) is 16.1. The van der Waals surface area contributed by atoms with Crippen LogP contribution < -0.4 is 15.0 Å². The SMILES string of the molecule is N#Cc1c(-c2ccc(Cl)c(Cl)c2)cc2n(c1=N)CCc1cc3c(cc1-2)OCO3. The van der Waals surface area contributed by atoms with E-state index >= 15 is 0 Å². The number of ether oxygens (including phenoxy) is 2. The Morgan fingerprint density at radius 3 is 2.54 bits per heavy atom. The molecule has 1 N–H and O–H groups in total. The first-order valence-corrected chi connectivity index (χ1v) is 9.43. The largest absolute Gasteiger partial charge is 0.454 e. The summed E-state index contributed by atoms with van der Waals surface area (Å²) in [4.78, 5) is 0. The highest BCUT2D eigenvalue weighted by molar-refractivity contribution is 6.42. The maximum atomic E-state index is 9.73. The molecule has 0 aliphatic carbocycles. The van der Waals surface area contributed by atoms with Crippen LogP contribution in [0.3, 0.4) is 0 Å². The number of fused-ring (bicyclic) bond motifs is 4. The Bertz CT molecular complexity index is 1260. The van der Waals surface area contributed by atoms with Crippen molar-refractivity contribution >= 4 is 23.2 Å². The summed E-state index contributed by atoms with van der Waals surface area (Å²) in [7, 11) is 0. The second kappa shape index (κ2) is 6.30. The number of nitrogens with zero attached hydrogens (tertiary/aromatic N) is 2. The molecule has 3 aromatic rings. The van der Waals surface area contributed by atoms with Crippen molar-refractivity contribution in [2.75, 3.05) is 6.79 Å². The highest BCUT2D eigenvalue weighted by Gasteiger charge is 2.25. The maximum absolute atomic E-state index is 9.73. The third-order valence-corrected chi connectivity index (χ3v) is 5.91. The average Bonchev–Trinajstić information content (AvgIpc) is 3.15. The van der Waals surface area contributed by atoms with Crippen LogP contribution in [0, 0.1) is 16.7 Å². The standard InChI is InChI=1S/C21H13Cl2N3O2/c22-16-2-1-11(5-17(16)23)13-7-18-14-8-20-19(27-10-28-20)6-12(14)3-4-26(18)21(25)15(13)9-24/h1-2,5-8,25H,3-4,10H2. The van der Waals surface area contributed by atoms with E-state index in [4.69, 9.17) is 38.1 Å². The van der Waals surface area contributed by atoms with Crippen molar-refractivity contribution in [3.8, 4) is 40.0 Å². The van der Waals surface area contributed by atoms with Crippen LogP contribution in [0.25, 0.3) is 22.4 Å². The first-order chi connectivity index (χ1) is 13.6. The van der Waals surface area contributed by atoms with Crippen molar-refractivity contribution in [1.29, 1.82) is 10.7 Å². The van der Waals surface area contributed by atoms with Crippen LogP contribution in [0.1, 0.15) is 11.1 Å². The minimum Gasteiger partial charge on any atom is -0.454 e. The van der Waals surface area contributed by atoms with Gasteiger partial charge in [0.15, 0.2) is 11.5 Å². The Labute approximate surface area is 170 Å². The topological polar surface area (TPSA) is 71.0 Å². The van der Waals surface area contributed by atoms with Crippen LogP contribution in [0.4, 0.5) is 0 Å². The number of aryl methyl sites for hydroxylation is 1. The van der Waals surface area contributed by atoms with Gasteiger partial charge in [0.25, 0.3) is 0 Å². The molecule has 0 saturated heterocycles. The minimum absolute atomic E-state index is 0.185. The fraction of sp³-hybridized carbons (Fsp3) is 0.143. The molecular weight excluding hydrogens is 397 g/mol. The van der Waals surface area contributed by atoms with E-state index in [9.17, 15) is 5.26 Å². The zero-order chi connectivity index (χ0) is 19.4. The highest BCUT2D eigenvalue weighted by atomic mass is 35.5. The van der Waals surface area contributed by atoms with Crippen molar-refractivity contribution in [2.45, 2.75) is 13.0 Å². The molecule has 2 aliphatic heterocycles. The highest BCUT2D eigenvalue weighted by Crippen LogP contribution is 2.41. The molecule has 7 heteroatoms. The molecule has 0 amide bonds. The molecule has 0 radical (unpaired) electrons. The van der Waals surface area contributed by atoms with E-state index in [0.29, 0.717) is 33.5 Å². The van der Waals surface area contributed by atoms with E-state index in [1.807, 2.05) is 28.8 Å². The Morgan fingerprint density at radius 1 is 1.00 bits per heavy atom. The average molecular weight is 410 g/mol. The summed E-state index contributed by atoms with van der Waals surface area (Å²) in [6.07, 6.45) is 0.756. The molecule has 138 valence electrons. The minimum atomic E-state index is 0.185. The zero-order valence-electron chi connectivity index (χ0n) is 14.6. The van der Waals surface area contributed by atoms with Crippen molar-refractivity contribution in [2.24, 2.45) is 0 Å². The molecule has 28 heavy (non-hydrogen) atoms. The molecule has 0 fully saturated rings. The van der Waals surface area contributed by atoms with E-state index in [1.165, 1.54) is 0 Å². The summed E-state index contributed by atoms with van der Waals surface area (Å²) in [6.45, 7) is 0.834. The number of nitrogens with one attached hydrogen (secondary N) is 1. The number of pyridine rings is 1. The molecular formula is C21H13Cl2N3O2. The van der Waals surface area contributed by atoms with Crippen molar-refractivity contribution in [3.63, 3.8) is 0 Å². The lowest BCUT2D eigenvalue weighted by molar-refractivity contribution is 0.174. The summed E-state index contributed by atoms with van der Waals surface area (Å²) >= 11 is 12.2. The smallest absolute Gasteiger partial charge is 0.231 e. The second-order valence-electron chi connectivity index (χ2n) is 6.67. The Balaban J connectivity index is 1.79. The predicted molar refractivity (Wildman–Crippen MR) is 106 cm³/mol. The number of benzene rings is 2. The molecule has 5 rings (SSSR count). The van der Waals surface area contributed by atoms with E-state index in [0.717, 1.165) is 34.6 Å². The number of hydrogen-bond donors (Lipinski definition) is 1. The van der Waals surface area contributed by atoms with Gasteiger partial charge in [0.05, 0.1) is 15.7 Å². The normalized spacial score (nSPS) is 13.6. The van der Waals surface area contributed by atoms with Gasteiger partial charge in [-0.25, -0.2) is 0 Å². The predicted octanol–water partition coefficient (Wildman–Crippen LogP) is 4.76. The molecule has 2 aliphatic rings. The Morgan fingerprint density at radius 2 is 1.79 bits per heavy atom. The van der Waals surface area contributed by atoms with Gasteiger partial charge in [-0.05, 0) is 47.9 Å². The van der Waals surface area contributed by atoms with Gasteiger partial charge in [0.1, 0.15) is 17.1 Å². The van der Waals surface area contributed by atoms with Gasteiger partial charge in [-0.2, -0.15) is 5.26 Å². The van der Waals surface area contributed by atoms with Gasteiger partial charge >= 0.3 is 0 Å². The number of aromatic nitrogens is 1. The molecule has 5 nitrogen and oxygen atoms in total.